The topological polar surface area (TPSA) is 41.1 Å². The van der Waals surface area contributed by atoms with Crippen LogP contribution >= 0.6 is 0 Å². The van der Waals surface area contributed by atoms with Crippen LogP contribution in [0.2, 0.25) is 0 Å². The van der Waals surface area contributed by atoms with Gasteiger partial charge in [0, 0.05) is 19.0 Å². The smallest absolute Gasteiger partial charge is 0.223 e. The van der Waals surface area contributed by atoms with Gasteiger partial charge < -0.3 is 10.6 Å². The molecule has 2 unspecified atom stereocenters. The van der Waals surface area contributed by atoms with Gasteiger partial charge in [-0.05, 0) is 36.9 Å². The van der Waals surface area contributed by atoms with Crippen LogP contribution in [0.25, 0.3) is 0 Å². The quantitative estimate of drug-likeness (QED) is 0.753. The van der Waals surface area contributed by atoms with E-state index < -0.39 is 11.6 Å². The summed E-state index contributed by atoms with van der Waals surface area (Å²) in [7, 11) is 0. The molecular formula is C15H20F2N2O. The Balaban J connectivity index is 1.79. The molecule has 20 heavy (non-hydrogen) atoms. The zero-order valence-corrected chi connectivity index (χ0v) is 11.6. The lowest BCUT2D eigenvalue weighted by atomic mass is 10.1. The number of nitrogens with one attached hydrogen (secondary N) is 2. The van der Waals surface area contributed by atoms with Crippen LogP contribution in [0.4, 0.5) is 8.78 Å². The van der Waals surface area contributed by atoms with Crippen LogP contribution in [-0.2, 0) is 4.79 Å². The predicted octanol–water partition coefficient (Wildman–Crippen LogP) is 2.18. The summed E-state index contributed by atoms with van der Waals surface area (Å²) in [6, 6.07) is 4.13. The average molecular weight is 282 g/mol. The van der Waals surface area contributed by atoms with Crippen molar-refractivity contribution in [1.29, 1.82) is 0 Å². The molecule has 5 heteroatoms. The monoisotopic (exact) mass is 282 g/mol. The Morgan fingerprint density at radius 2 is 2.10 bits per heavy atom. The van der Waals surface area contributed by atoms with Gasteiger partial charge in [-0.25, -0.2) is 8.78 Å². The molecule has 0 spiro atoms. The van der Waals surface area contributed by atoms with Gasteiger partial charge in [0.05, 0.1) is 0 Å². The van der Waals surface area contributed by atoms with Crippen LogP contribution in [0, 0.1) is 17.6 Å². The standard InChI is InChI=1S/C15H20F2N2O/c1-2-6-18-7-8-19-15(20)12-9-11(12)10-4-3-5-13(16)14(10)17/h3-5,11-12,18H,2,6-9H2,1H3,(H,19,20). The molecule has 0 radical (unpaired) electrons. The van der Waals surface area contributed by atoms with E-state index in [2.05, 4.69) is 17.6 Å². The summed E-state index contributed by atoms with van der Waals surface area (Å²) < 4.78 is 26.7. The van der Waals surface area contributed by atoms with Crippen LogP contribution in [0.15, 0.2) is 18.2 Å². The largest absolute Gasteiger partial charge is 0.355 e. The van der Waals surface area contributed by atoms with Gasteiger partial charge >= 0.3 is 0 Å². The first-order valence-electron chi connectivity index (χ1n) is 7.07. The van der Waals surface area contributed by atoms with Crippen LogP contribution in [0.3, 0.4) is 0 Å². The second kappa shape index (κ2) is 6.79. The van der Waals surface area contributed by atoms with Crippen molar-refractivity contribution in [2.75, 3.05) is 19.6 Å². The minimum atomic E-state index is -0.850. The van der Waals surface area contributed by atoms with Gasteiger partial charge in [0.2, 0.25) is 5.91 Å². The first kappa shape index (κ1) is 14.9. The lowest BCUT2D eigenvalue weighted by Crippen LogP contribution is -2.33. The highest BCUT2D eigenvalue weighted by Gasteiger charge is 2.45. The SMILES string of the molecule is CCCNCCNC(=O)C1CC1c1cccc(F)c1F. The Morgan fingerprint density at radius 3 is 2.85 bits per heavy atom. The third-order valence-corrected chi connectivity index (χ3v) is 3.54. The Labute approximate surface area is 117 Å². The number of amides is 1. The molecule has 1 fully saturated rings. The van der Waals surface area contributed by atoms with Gasteiger partial charge in [-0.1, -0.05) is 19.1 Å². The molecule has 1 aromatic rings. The summed E-state index contributed by atoms with van der Waals surface area (Å²) >= 11 is 0. The zero-order chi connectivity index (χ0) is 14.5. The fourth-order valence-corrected chi connectivity index (χ4v) is 2.34. The number of carbonyl (C=O) groups excluding carboxylic acids is 1. The molecule has 0 saturated heterocycles. The van der Waals surface area contributed by atoms with Crippen molar-refractivity contribution in [1.82, 2.24) is 10.6 Å². The molecule has 2 rings (SSSR count). The van der Waals surface area contributed by atoms with Gasteiger partial charge in [-0.2, -0.15) is 0 Å². The van der Waals surface area contributed by atoms with Crippen molar-refractivity contribution in [3.05, 3.63) is 35.4 Å². The molecule has 3 nitrogen and oxygen atoms in total. The Morgan fingerprint density at radius 1 is 1.30 bits per heavy atom. The second-order valence-electron chi connectivity index (χ2n) is 5.13. The summed E-state index contributed by atoms with van der Waals surface area (Å²) in [5.74, 6) is -2.15. The lowest BCUT2D eigenvalue weighted by Gasteiger charge is -2.06. The minimum Gasteiger partial charge on any atom is -0.355 e. The van der Waals surface area contributed by atoms with E-state index in [-0.39, 0.29) is 17.7 Å². The maximum absolute atomic E-state index is 13.6. The predicted molar refractivity (Wildman–Crippen MR) is 73.4 cm³/mol. The van der Waals surface area contributed by atoms with Gasteiger partial charge in [-0.15, -0.1) is 0 Å². The van der Waals surface area contributed by atoms with Crippen molar-refractivity contribution in [2.45, 2.75) is 25.7 Å². The summed E-state index contributed by atoms with van der Waals surface area (Å²) in [5, 5.41) is 6.00. The fraction of sp³-hybridized carbons (Fsp3) is 0.533. The summed E-state index contributed by atoms with van der Waals surface area (Å²) in [4.78, 5) is 11.9. The number of halogens is 2. The highest BCUT2D eigenvalue weighted by atomic mass is 19.2. The maximum Gasteiger partial charge on any atom is 0.223 e. The van der Waals surface area contributed by atoms with Crippen molar-refractivity contribution in [2.24, 2.45) is 5.92 Å². The molecule has 0 bridgehead atoms. The highest BCUT2D eigenvalue weighted by molar-refractivity contribution is 5.82. The molecule has 1 amide bonds. The highest BCUT2D eigenvalue weighted by Crippen LogP contribution is 2.48. The number of carbonyl (C=O) groups is 1. The molecule has 1 aliphatic rings. The van der Waals surface area contributed by atoms with Crippen LogP contribution in [-0.4, -0.2) is 25.5 Å². The van der Waals surface area contributed by atoms with E-state index in [1.165, 1.54) is 6.07 Å². The maximum atomic E-state index is 13.6. The van der Waals surface area contributed by atoms with Crippen molar-refractivity contribution < 1.29 is 13.6 Å². The van der Waals surface area contributed by atoms with E-state index in [1.807, 2.05) is 0 Å². The van der Waals surface area contributed by atoms with E-state index >= 15 is 0 Å². The molecule has 0 aliphatic heterocycles. The molecule has 1 aliphatic carbocycles. The molecular weight excluding hydrogens is 262 g/mol. The number of hydrogen-bond donors (Lipinski definition) is 2. The molecule has 1 saturated carbocycles. The average Bonchev–Trinajstić information content (AvgIpc) is 3.22. The molecule has 2 N–H and O–H groups in total. The van der Waals surface area contributed by atoms with E-state index in [1.54, 1.807) is 6.07 Å². The van der Waals surface area contributed by atoms with Gasteiger partial charge in [0.1, 0.15) is 0 Å². The third-order valence-electron chi connectivity index (χ3n) is 3.54. The Bertz CT molecular complexity index is 479. The third kappa shape index (κ3) is 3.54. The number of hydrogen-bond acceptors (Lipinski definition) is 2. The van der Waals surface area contributed by atoms with Crippen LogP contribution < -0.4 is 10.6 Å². The van der Waals surface area contributed by atoms with E-state index in [9.17, 15) is 13.6 Å². The van der Waals surface area contributed by atoms with Crippen molar-refractivity contribution >= 4 is 5.91 Å². The minimum absolute atomic E-state index is 0.0723. The molecule has 1 aromatic carbocycles. The Hall–Kier alpha value is -1.49. The summed E-state index contributed by atoms with van der Waals surface area (Å²) in [5.41, 5.74) is 0.314. The second-order valence-corrected chi connectivity index (χ2v) is 5.13. The molecule has 2 atom stereocenters. The van der Waals surface area contributed by atoms with Crippen LogP contribution in [0.5, 0.6) is 0 Å². The molecule has 0 heterocycles. The summed E-state index contributed by atoms with van der Waals surface area (Å²) in [6.45, 7) is 4.29. The fourth-order valence-electron chi connectivity index (χ4n) is 2.34. The summed E-state index contributed by atoms with van der Waals surface area (Å²) in [6.07, 6.45) is 1.64. The van der Waals surface area contributed by atoms with E-state index in [0.29, 0.717) is 18.5 Å². The van der Waals surface area contributed by atoms with Crippen molar-refractivity contribution in [3.63, 3.8) is 0 Å². The van der Waals surface area contributed by atoms with Crippen LogP contribution in [0.1, 0.15) is 31.2 Å². The normalized spacial score (nSPS) is 20.8. The zero-order valence-electron chi connectivity index (χ0n) is 11.6. The first-order chi connectivity index (χ1) is 9.65. The van der Waals surface area contributed by atoms with Gasteiger partial charge in [-0.3, -0.25) is 4.79 Å². The van der Waals surface area contributed by atoms with Gasteiger partial charge in [0.25, 0.3) is 0 Å². The number of benzene rings is 1. The molecule has 0 aromatic heterocycles. The van der Waals surface area contributed by atoms with E-state index in [4.69, 9.17) is 0 Å². The molecule has 110 valence electrons. The first-order valence-corrected chi connectivity index (χ1v) is 7.07. The number of rotatable bonds is 7. The van der Waals surface area contributed by atoms with E-state index in [0.717, 1.165) is 25.6 Å². The Kier molecular flexibility index (Phi) is 5.06. The lowest BCUT2D eigenvalue weighted by molar-refractivity contribution is -0.122. The van der Waals surface area contributed by atoms with Crippen molar-refractivity contribution in [3.8, 4) is 0 Å². The van der Waals surface area contributed by atoms with Gasteiger partial charge in [0.15, 0.2) is 11.6 Å².